The lowest BCUT2D eigenvalue weighted by Gasteiger charge is -2.10. The van der Waals surface area contributed by atoms with Gasteiger partial charge in [-0.15, -0.1) is 0 Å². The van der Waals surface area contributed by atoms with Crippen LogP contribution in [0.4, 0.5) is 5.69 Å². The molecule has 94 valence electrons. The molecule has 2 N–H and O–H groups in total. The van der Waals surface area contributed by atoms with Gasteiger partial charge in [0.1, 0.15) is 0 Å². The van der Waals surface area contributed by atoms with Crippen molar-refractivity contribution < 1.29 is 9.90 Å². The molecule has 0 radical (unpaired) electrons. The van der Waals surface area contributed by atoms with E-state index in [1.807, 2.05) is 10.8 Å². The van der Waals surface area contributed by atoms with Crippen molar-refractivity contribution in [3.8, 4) is 0 Å². The summed E-state index contributed by atoms with van der Waals surface area (Å²) in [4.78, 5) is 15.0. The highest BCUT2D eigenvalue weighted by molar-refractivity contribution is 6.31. The van der Waals surface area contributed by atoms with Gasteiger partial charge in [-0.25, -0.2) is 9.78 Å². The maximum atomic E-state index is 11.1. The molecule has 0 spiro atoms. The predicted octanol–water partition coefficient (Wildman–Crippen LogP) is 2.35. The molecule has 6 heteroatoms. The normalized spacial score (nSPS) is 10.3. The highest BCUT2D eigenvalue weighted by Crippen LogP contribution is 2.20. The number of carboxylic acids is 1. The molecular formula is C12H12ClN3O2. The topological polar surface area (TPSA) is 67.2 Å². The van der Waals surface area contributed by atoms with Crippen LogP contribution in [0.5, 0.6) is 0 Å². The molecule has 0 unspecified atom stereocenters. The van der Waals surface area contributed by atoms with Crippen LogP contribution in [0.25, 0.3) is 0 Å². The Morgan fingerprint density at radius 1 is 1.50 bits per heavy atom. The molecule has 0 amide bonds. The van der Waals surface area contributed by atoms with Crippen LogP contribution < -0.4 is 5.32 Å². The van der Waals surface area contributed by atoms with E-state index in [1.165, 1.54) is 6.07 Å². The number of nitrogens with zero attached hydrogens (tertiary/aromatic N) is 2. The third-order valence-electron chi connectivity index (χ3n) is 2.46. The summed E-state index contributed by atoms with van der Waals surface area (Å²) < 4.78 is 1.91. The highest BCUT2D eigenvalue weighted by Gasteiger charge is 2.10. The van der Waals surface area contributed by atoms with Gasteiger partial charge in [-0.3, -0.25) is 0 Å². The molecule has 0 aliphatic heterocycles. The van der Waals surface area contributed by atoms with Crippen molar-refractivity contribution in [3.05, 3.63) is 47.5 Å². The maximum Gasteiger partial charge on any atom is 0.337 e. The zero-order valence-electron chi connectivity index (χ0n) is 9.51. The van der Waals surface area contributed by atoms with Gasteiger partial charge >= 0.3 is 5.97 Å². The highest BCUT2D eigenvalue weighted by atomic mass is 35.5. The summed E-state index contributed by atoms with van der Waals surface area (Å²) in [6.07, 6.45) is 5.26. The minimum atomic E-state index is -0.998. The largest absolute Gasteiger partial charge is 0.478 e. The van der Waals surface area contributed by atoms with E-state index in [0.29, 0.717) is 23.8 Å². The van der Waals surface area contributed by atoms with Crippen molar-refractivity contribution in [1.82, 2.24) is 9.55 Å². The van der Waals surface area contributed by atoms with Crippen LogP contribution in [0.15, 0.2) is 36.9 Å². The first kappa shape index (κ1) is 12.4. The van der Waals surface area contributed by atoms with Crippen molar-refractivity contribution in [2.24, 2.45) is 0 Å². The number of anilines is 1. The van der Waals surface area contributed by atoms with Gasteiger partial charge in [0.05, 0.1) is 11.9 Å². The number of rotatable bonds is 5. The molecule has 0 bridgehead atoms. The van der Waals surface area contributed by atoms with Crippen molar-refractivity contribution in [1.29, 1.82) is 0 Å². The number of carbonyl (C=O) groups is 1. The van der Waals surface area contributed by atoms with Crippen molar-refractivity contribution >= 4 is 23.3 Å². The Labute approximate surface area is 109 Å². The quantitative estimate of drug-likeness (QED) is 0.871. The fourth-order valence-electron chi connectivity index (χ4n) is 1.59. The summed E-state index contributed by atoms with van der Waals surface area (Å²) in [7, 11) is 0. The Kier molecular flexibility index (Phi) is 3.84. The fraction of sp³-hybridized carbons (Fsp3) is 0.167. The van der Waals surface area contributed by atoms with Crippen molar-refractivity contribution in [3.63, 3.8) is 0 Å². The average molecular weight is 266 g/mol. The van der Waals surface area contributed by atoms with E-state index in [-0.39, 0.29) is 5.56 Å². The second-order valence-electron chi connectivity index (χ2n) is 3.72. The van der Waals surface area contributed by atoms with Crippen molar-refractivity contribution in [2.45, 2.75) is 6.54 Å². The lowest BCUT2D eigenvalue weighted by molar-refractivity contribution is 0.0698. The summed E-state index contributed by atoms with van der Waals surface area (Å²) in [5, 5.41) is 12.5. The Balaban J connectivity index is 2.02. The van der Waals surface area contributed by atoms with Gasteiger partial charge in [0.15, 0.2) is 0 Å². The van der Waals surface area contributed by atoms with Gasteiger partial charge in [0.25, 0.3) is 0 Å². The summed E-state index contributed by atoms with van der Waals surface area (Å²) in [6.45, 7) is 1.32. The number of aromatic nitrogens is 2. The van der Waals surface area contributed by atoms with Crippen LogP contribution in [0.1, 0.15) is 10.4 Å². The van der Waals surface area contributed by atoms with E-state index in [4.69, 9.17) is 16.7 Å². The van der Waals surface area contributed by atoms with Crippen LogP contribution in [0.3, 0.4) is 0 Å². The number of aromatic carboxylic acids is 1. The molecule has 0 aliphatic rings. The lowest BCUT2D eigenvalue weighted by Crippen LogP contribution is -2.12. The number of nitrogens with one attached hydrogen (secondary N) is 1. The molecule has 1 aromatic carbocycles. The molecule has 1 heterocycles. The molecule has 0 saturated carbocycles. The second kappa shape index (κ2) is 5.55. The number of hydrogen-bond donors (Lipinski definition) is 2. The number of benzene rings is 1. The van der Waals surface area contributed by atoms with Gasteiger partial charge < -0.3 is 15.0 Å². The Morgan fingerprint density at radius 3 is 3.00 bits per heavy atom. The van der Waals surface area contributed by atoms with E-state index < -0.39 is 5.97 Å². The molecule has 0 atom stereocenters. The molecule has 0 saturated heterocycles. The summed E-state index contributed by atoms with van der Waals surface area (Å²) >= 11 is 5.77. The van der Waals surface area contributed by atoms with Gasteiger partial charge in [-0.2, -0.15) is 0 Å². The minimum Gasteiger partial charge on any atom is -0.478 e. The molecular weight excluding hydrogens is 254 g/mol. The molecule has 5 nitrogen and oxygen atoms in total. The third-order valence-corrected chi connectivity index (χ3v) is 2.69. The molecule has 0 fully saturated rings. The first-order chi connectivity index (χ1) is 8.66. The Bertz CT molecular complexity index is 540. The van der Waals surface area contributed by atoms with Crippen LogP contribution in [0, 0.1) is 0 Å². The van der Waals surface area contributed by atoms with Gasteiger partial charge in [0.2, 0.25) is 0 Å². The van der Waals surface area contributed by atoms with Crippen LogP contribution >= 0.6 is 11.6 Å². The average Bonchev–Trinajstić information content (AvgIpc) is 2.84. The molecule has 2 rings (SSSR count). The van der Waals surface area contributed by atoms with Crippen molar-refractivity contribution in [2.75, 3.05) is 11.9 Å². The summed E-state index contributed by atoms with van der Waals surface area (Å²) in [5.74, 6) is -0.998. The summed E-state index contributed by atoms with van der Waals surface area (Å²) in [6, 6.07) is 4.76. The Morgan fingerprint density at radius 2 is 2.33 bits per heavy atom. The molecule has 2 aromatic rings. The number of hydrogen-bond acceptors (Lipinski definition) is 3. The number of halogens is 1. The fourth-order valence-corrected chi connectivity index (χ4v) is 1.76. The lowest BCUT2D eigenvalue weighted by atomic mass is 10.2. The van der Waals surface area contributed by atoms with Crippen LogP contribution in [-0.4, -0.2) is 27.2 Å². The van der Waals surface area contributed by atoms with Crippen LogP contribution in [-0.2, 0) is 6.54 Å². The minimum absolute atomic E-state index is 0.174. The molecule has 18 heavy (non-hydrogen) atoms. The Hall–Kier alpha value is -2.01. The van der Waals surface area contributed by atoms with Gasteiger partial charge in [0, 0.05) is 36.2 Å². The molecule has 1 aromatic heterocycles. The van der Waals surface area contributed by atoms with Crippen LogP contribution in [0.2, 0.25) is 5.02 Å². The molecule has 0 aliphatic carbocycles. The van der Waals surface area contributed by atoms with E-state index in [2.05, 4.69) is 10.3 Å². The number of carboxylic acid groups (broad SMARTS) is 1. The zero-order chi connectivity index (χ0) is 13.0. The monoisotopic (exact) mass is 265 g/mol. The van der Waals surface area contributed by atoms with Gasteiger partial charge in [-0.1, -0.05) is 11.6 Å². The SMILES string of the molecule is O=C(O)c1cc(Cl)ccc1NCCn1ccnc1. The summed E-state index contributed by atoms with van der Waals surface area (Å²) in [5.41, 5.74) is 0.736. The predicted molar refractivity (Wildman–Crippen MR) is 69.1 cm³/mol. The van der Waals surface area contributed by atoms with E-state index in [1.54, 1.807) is 24.7 Å². The van der Waals surface area contributed by atoms with E-state index in [0.717, 1.165) is 0 Å². The standard InChI is InChI=1S/C12H12ClN3O2/c13-9-1-2-11(10(7-9)12(17)18)15-4-6-16-5-3-14-8-16/h1-3,5,7-8,15H,4,6H2,(H,17,18). The van der Waals surface area contributed by atoms with E-state index >= 15 is 0 Å². The number of imidazole rings is 1. The first-order valence-electron chi connectivity index (χ1n) is 5.39. The second-order valence-corrected chi connectivity index (χ2v) is 4.16. The maximum absolute atomic E-state index is 11.1. The third kappa shape index (κ3) is 3.01. The smallest absolute Gasteiger partial charge is 0.337 e. The van der Waals surface area contributed by atoms with Gasteiger partial charge in [-0.05, 0) is 18.2 Å². The first-order valence-corrected chi connectivity index (χ1v) is 5.77. The zero-order valence-corrected chi connectivity index (χ0v) is 10.3. The van der Waals surface area contributed by atoms with E-state index in [9.17, 15) is 4.79 Å².